The van der Waals surface area contributed by atoms with Crippen molar-refractivity contribution >= 4 is 5.91 Å². The minimum absolute atomic E-state index is 0.122. The predicted molar refractivity (Wildman–Crippen MR) is 62.4 cm³/mol. The first-order valence-corrected chi connectivity index (χ1v) is 6.08. The van der Waals surface area contributed by atoms with Crippen molar-refractivity contribution in [2.45, 2.75) is 46.1 Å². The Morgan fingerprint density at radius 1 is 1.40 bits per heavy atom. The number of carbonyl (C=O) groups is 1. The smallest absolute Gasteiger partial charge is 0.225 e. The van der Waals surface area contributed by atoms with Gasteiger partial charge in [-0.1, -0.05) is 20.8 Å². The predicted octanol–water partition coefficient (Wildman–Crippen LogP) is 1.62. The van der Waals surface area contributed by atoms with Crippen LogP contribution in [0.4, 0.5) is 0 Å². The molecule has 3 nitrogen and oxygen atoms in total. The number of carbonyl (C=O) groups excluding carboxylic acids is 1. The fourth-order valence-corrected chi connectivity index (χ4v) is 2.08. The van der Waals surface area contributed by atoms with Gasteiger partial charge in [-0.2, -0.15) is 0 Å². The number of likely N-dealkylation sites (tertiary alicyclic amines) is 1. The van der Waals surface area contributed by atoms with E-state index >= 15 is 0 Å². The maximum absolute atomic E-state index is 12.2. The van der Waals surface area contributed by atoms with Crippen molar-refractivity contribution in [1.82, 2.24) is 4.90 Å². The highest BCUT2D eigenvalue weighted by atomic mass is 16.2. The number of hydrogen-bond donors (Lipinski definition) is 1. The van der Waals surface area contributed by atoms with Crippen molar-refractivity contribution in [3.05, 3.63) is 0 Å². The van der Waals surface area contributed by atoms with Crippen LogP contribution in [0.1, 0.15) is 40.0 Å². The molecule has 3 heteroatoms. The SMILES string of the molecule is CC(C)C(C)C(=O)N1CCCCC1CN. The lowest BCUT2D eigenvalue weighted by molar-refractivity contribution is -0.139. The number of amides is 1. The van der Waals surface area contributed by atoms with E-state index in [1.54, 1.807) is 0 Å². The van der Waals surface area contributed by atoms with Gasteiger partial charge in [-0.25, -0.2) is 0 Å². The largest absolute Gasteiger partial charge is 0.338 e. The van der Waals surface area contributed by atoms with Crippen LogP contribution in [0.3, 0.4) is 0 Å². The van der Waals surface area contributed by atoms with Gasteiger partial charge < -0.3 is 10.6 Å². The average Bonchev–Trinajstić information content (AvgIpc) is 2.26. The molecule has 1 aliphatic heterocycles. The average molecular weight is 212 g/mol. The third-order valence-corrected chi connectivity index (χ3v) is 3.57. The highest BCUT2D eigenvalue weighted by Gasteiger charge is 2.29. The molecule has 1 aliphatic rings. The zero-order valence-corrected chi connectivity index (χ0v) is 10.2. The van der Waals surface area contributed by atoms with Crippen molar-refractivity contribution in [3.8, 4) is 0 Å². The summed E-state index contributed by atoms with van der Waals surface area (Å²) in [6.45, 7) is 7.73. The van der Waals surface area contributed by atoms with Gasteiger partial charge in [0.15, 0.2) is 0 Å². The molecule has 0 radical (unpaired) electrons. The second-order valence-corrected chi connectivity index (χ2v) is 4.95. The summed E-state index contributed by atoms with van der Waals surface area (Å²) in [7, 11) is 0. The van der Waals surface area contributed by atoms with Crippen LogP contribution in [0.5, 0.6) is 0 Å². The molecule has 2 N–H and O–H groups in total. The van der Waals surface area contributed by atoms with E-state index in [0.717, 1.165) is 19.4 Å². The van der Waals surface area contributed by atoms with Gasteiger partial charge in [-0.05, 0) is 25.2 Å². The third-order valence-electron chi connectivity index (χ3n) is 3.57. The number of piperidine rings is 1. The van der Waals surface area contributed by atoms with E-state index in [9.17, 15) is 4.79 Å². The monoisotopic (exact) mass is 212 g/mol. The van der Waals surface area contributed by atoms with Crippen molar-refractivity contribution < 1.29 is 4.79 Å². The Hall–Kier alpha value is -0.570. The first kappa shape index (κ1) is 12.5. The maximum atomic E-state index is 12.2. The normalized spacial score (nSPS) is 24.3. The van der Waals surface area contributed by atoms with E-state index < -0.39 is 0 Å². The second kappa shape index (κ2) is 5.50. The highest BCUT2D eigenvalue weighted by molar-refractivity contribution is 5.79. The molecule has 1 fully saturated rings. The summed E-state index contributed by atoms with van der Waals surface area (Å²) in [5.74, 6) is 0.829. The van der Waals surface area contributed by atoms with Crippen LogP contribution in [-0.2, 0) is 4.79 Å². The van der Waals surface area contributed by atoms with E-state index in [1.807, 2.05) is 11.8 Å². The molecule has 0 saturated carbocycles. The van der Waals surface area contributed by atoms with Crippen molar-refractivity contribution in [2.75, 3.05) is 13.1 Å². The lowest BCUT2D eigenvalue weighted by atomic mass is 9.93. The van der Waals surface area contributed by atoms with Crippen molar-refractivity contribution in [1.29, 1.82) is 0 Å². The molecule has 1 saturated heterocycles. The molecule has 1 amide bonds. The fraction of sp³-hybridized carbons (Fsp3) is 0.917. The lowest BCUT2D eigenvalue weighted by Crippen LogP contribution is -2.49. The fourth-order valence-electron chi connectivity index (χ4n) is 2.08. The first-order valence-electron chi connectivity index (χ1n) is 6.08. The highest BCUT2D eigenvalue weighted by Crippen LogP contribution is 2.21. The van der Waals surface area contributed by atoms with Gasteiger partial charge in [-0.3, -0.25) is 4.79 Å². The van der Waals surface area contributed by atoms with E-state index in [-0.39, 0.29) is 12.0 Å². The summed E-state index contributed by atoms with van der Waals surface area (Å²) < 4.78 is 0. The third kappa shape index (κ3) is 2.94. The number of hydrogen-bond acceptors (Lipinski definition) is 2. The van der Waals surface area contributed by atoms with Gasteiger partial charge in [0.1, 0.15) is 0 Å². The Balaban J connectivity index is 2.63. The zero-order valence-electron chi connectivity index (χ0n) is 10.2. The molecular formula is C12H24N2O. The summed E-state index contributed by atoms with van der Waals surface area (Å²) in [5, 5.41) is 0. The Morgan fingerprint density at radius 2 is 2.07 bits per heavy atom. The van der Waals surface area contributed by atoms with Crippen LogP contribution in [0, 0.1) is 11.8 Å². The number of nitrogens with two attached hydrogens (primary N) is 1. The van der Waals surface area contributed by atoms with Gasteiger partial charge in [-0.15, -0.1) is 0 Å². The van der Waals surface area contributed by atoms with Crippen LogP contribution < -0.4 is 5.73 Å². The van der Waals surface area contributed by atoms with Gasteiger partial charge in [0, 0.05) is 25.0 Å². The molecule has 0 aromatic carbocycles. The minimum Gasteiger partial charge on any atom is -0.338 e. The van der Waals surface area contributed by atoms with Crippen LogP contribution >= 0.6 is 0 Å². The van der Waals surface area contributed by atoms with E-state index in [0.29, 0.717) is 18.4 Å². The van der Waals surface area contributed by atoms with Crippen LogP contribution in [0.2, 0.25) is 0 Å². The zero-order chi connectivity index (χ0) is 11.4. The summed E-state index contributed by atoms with van der Waals surface area (Å²) >= 11 is 0. The molecule has 0 spiro atoms. The summed E-state index contributed by atoms with van der Waals surface area (Å²) in [4.78, 5) is 14.2. The molecule has 0 bridgehead atoms. The molecule has 0 aromatic rings. The molecule has 2 atom stereocenters. The van der Waals surface area contributed by atoms with Crippen molar-refractivity contribution in [3.63, 3.8) is 0 Å². The molecule has 1 rings (SSSR count). The standard InChI is InChI=1S/C12H24N2O/c1-9(2)10(3)12(15)14-7-5-4-6-11(14)8-13/h9-11H,4-8,13H2,1-3H3. The van der Waals surface area contributed by atoms with Crippen LogP contribution in [0.25, 0.3) is 0 Å². The topological polar surface area (TPSA) is 46.3 Å². The van der Waals surface area contributed by atoms with Gasteiger partial charge in [0.2, 0.25) is 5.91 Å². The molecule has 0 aliphatic carbocycles. The van der Waals surface area contributed by atoms with Gasteiger partial charge in [0.25, 0.3) is 0 Å². The molecule has 0 aromatic heterocycles. The van der Waals surface area contributed by atoms with E-state index in [1.165, 1.54) is 6.42 Å². The van der Waals surface area contributed by atoms with E-state index in [2.05, 4.69) is 13.8 Å². The Labute approximate surface area is 93.0 Å². The van der Waals surface area contributed by atoms with Gasteiger partial charge in [0.05, 0.1) is 0 Å². The van der Waals surface area contributed by atoms with Crippen LogP contribution in [0.15, 0.2) is 0 Å². The Morgan fingerprint density at radius 3 is 2.60 bits per heavy atom. The Kier molecular flexibility index (Phi) is 4.58. The summed E-state index contributed by atoms with van der Waals surface area (Å²) in [6, 6.07) is 0.285. The summed E-state index contributed by atoms with van der Waals surface area (Å²) in [5.41, 5.74) is 5.71. The van der Waals surface area contributed by atoms with E-state index in [4.69, 9.17) is 5.73 Å². The van der Waals surface area contributed by atoms with Crippen molar-refractivity contribution in [2.24, 2.45) is 17.6 Å². The minimum atomic E-state index is 0.122. The second-order valence-electron chi connectivity index (χ2n) is 4.95. The number of nitrogens with zero attached hydrogens (tertiary/aromatic N) is 1. The first-order chi connectivity index (χ1) is 7.07. The molecule has 2 unspecified atom stereocenters. The number of rotatable bonds is 3. The van der Waals surface area contributed by atoms with Gasteiger partial charge >= 0.3 is 0 Å². The molecular weight excluding hydrogens is 188 g/mol. The maximum Gasteiger partial charge on any atom is 0.225 e. The lowest BCUT2D eigenvalue weighted by Gasteiger charge is -2.37. The molecule has 1 heterocycles. The summed E-state index contributed by atoms with van der Waals surface area (Å²) in [6.07, 6.45) is 3.42. The quantitative estimate of drug-likeness (QED) is 0.772. The van der Waals surface area contributed by atoms with Crippen LogP contribution in [-0.4, -0.2) is 29.9 Å². The Bertz CT molecular complexity index is 216. The molecule has 15 heavy (non-hydrogen) atoms. The molecule has 88 valence electrons.